The zero-order valence-corrected chi connectivity index (χ0v) is 14.3. The minimum Gasteiger partial charge on any atom is -0.385 e. The fraction of sp³-hybridized carbons (Fsp3) is 0.938. The molecule has 0 amide bonds. The molecular formula is C16H34N4O. The largest absolute Gasteiger partial charge is 0.385 e. The van der Waals surface area contributed by atoms with Gasteiger partial charge in [0.2, 0.25) is 0 Å². The van der Waals surface area contributed by atoms with Gasteiger partial charge in [-0.05, 0) is 31.6 Å². The van der Waals surface area contributed by atoms with E-state index < -0.39 is 0 Å². The van der Waals surface area contributed by atoms with Crippen LogP contribution in [-0.2, 0) is 4.74 Å². The van der Waals surface area contributed by atoms with Gasteiger partial charge in [-0.3, -0.25) is 4.99 Å². The molecule has 0 aliphatic carbocycles. The molecule has 2 N–H and O–H groups in total. The second-order valence-corrected chi connectivity index (χ2v) is 6.24. The number of ether oxygens (including phenoxy) is 1. The summed E-state index contributed by atoms with van der Waals surface area (Å²) in [4.78, 5) is 7.13. The van der Waals surface area contributed by atoms with E-state index in [2.05, 4.69) is 41.3 Å². The molecule has 5 heteroatoms. The quantitative estimate of drug-likeness (QED) is 0.406. The van der Waals surface area contributed by atoms with Crippen molar-refractivity contribution in [2.75, 3.05) is 53.0 Å². The lowest BCUT2D eigenvalue weighted by atomic mass is 9.92. The maximum Gasteiger partial charge on any atom is 0.191 e. The van der Waals surface area contributed by atoms with Crippen LogP contribution < -0.4 is 10.6 Å². The summed E-state index contributed by atoms with van der Waals surface area (Å²) in [5.41, 5.74) is 0. The molecule has 5 nitrogen and oxygen atoms in total. The van der Waals surface area contributed by atoms with Crippen LogP contribution in [0, 0.1) is 11.8 Å². The number of methoxy groups -OCH3 is 1. The normalized spacial score (nSPS) is 24.1. The summed E-state index contributed by atoms with van der Waals surface area (Å²) >= 11 is 0. The van der Waals surface area contributed by atoms with Crippen LogP contribution in [0.1, 0.15) is 33.6 Å². The highest BCUT2D eigenvalue weighted by Crippen LogP contribution is 2.20. The Morgan fingerprint density at radius 1 is 1.24 bits per heavy atom. The molecule has 1 saturated heterocycles. The van der Waals surface area contributed by atoms with Crippen molar-refractivity contribution in [3.63, 3.8) is 0 Å². The van der Waals surface area contributed by atoms with Crippen LogP contribution in [-0.4, -0.2) is 63.8 Å². The van der Waals surface area contributed by atoms with Gasteiger partial charge >= 0.3 is 0 Å². The molecular weight excluding hydrogens is 264 g/mol. The highest BCUT2D eigenvalue weighted by Gasteiger charge is 2.21. The number of nitrogens with one attached hydrogen (secondary N) is 2. The highest BCUT2D eigenvalue weighted by atomic mass is 16.5. The van der Waals surface area contributed by atoms with E-state index in [4.69, 9.17) is 4.74 Å². The van der Waals surface area contributed by atoms with Gasteiger partial charge in [-0.15, -0.1) is 0 Å². The molecule has 21 heavy (non-hydrogen) atoms. The number of nitrogens with zero attached hydrogens (tertiary/aromatic N) is 2. The van der Waals surface area contributed by atoms with Crippen LogP contribution in [0.4, 0.5) is 0 Å². The maximum absolute atomic E-state index is 5.05. The molecule has 0 saturated carbocycles. The number of aliphatic imine (C=N–C) groups is 1. The molecule has 1 aliphatic rings. The third-order valence-electron chi connectivity index (χ3n) is 3.79. The van der Waals surface area contributed by atoms with Crippen LogP contribution in [0.5, 0.6) is 0 Å². The monoisotopic (exact) mass is 298 g/mol. The molecule has 1 fully saturated rings. The molecule has 0 aromatic heterocycles. The first kappa shape index (κ1) is 18.2. The van der Waals surface area contributed by atoms with Crippen LogP contribution in [0.25, 0.3) is 0 Å². The van der Waals surface area contributed by atoms with Crippen molar-refractivity contribution in [2.24, 2.45) is 16.8 Å². The van der Waals surface area contributed by atoms with Crippen LogP contribution in [0.3, 0.4) is 0 Å². The first-order chi connectivity index (χ1) is 10.2. The molecule has 124 valence electrons. The third kappa shape index (κ3) is 8.27. The number of hydrogen-bond acceptors (Lipinski definition) is 3. The molecule has 0 bridgehead atoms. The van der Waals surface area contributed by atoms with Gasteiger partial charge in [0.15, 0.2) is 5.96 Å². The second-order valence-electron chi connectivity index (χ2n) is 6.24. The van der Waals surface area contributed by atoms with Crippen LogP contribution in [0.2, 0.25) is 0 Å². The summed E-state index contributed by atoms with van der Waals surface area (Å²) in [5, 5.41) is 6.73. The van der Waals surface area contributed by atoms with E-state index in [0.717, 1.165) is 57.0 Å². The van der Waals surface area contributed by atoms with Gasteiger partial charge in [0.25, 0.3) is 0 Å². The Balaban J connectivity index is 2.25. The lowest BCUT2D eigenvalue weighted by Gasteiger charge is -2.35. The highest BCUT2D eigenvalue weighted by molar-refractivity contribution is 5.79. The fourth-order valence-corrected chi connectivity index (χ4v) is 3.05. The van der Waals surface area contributed by atoms with E-state index in [0.29, 0.717) is 0 Å². The third-order valence-corrected chi connectivity index (χ3v) is 3.79. The van der Waals surface area contributed by atoms with Gasteiger partial charge in [-0.1, -0.05) is 13.8 Å². The Labute approximate surface area is 130 Å². The Hall–Kier alpha value is -0.810. The van der Waals surface area contributed by atoms with Gasteiger partial charge in [0.1, 0.15) is 0 Å². The number of likely N-dealkylation sites (tertiary alicyclic amines) is 1. The van der Waals surface area contributed by atoms with E-state index in [9.17, 15) is 0 Å². The van der Waals surface area contributed by atoms with Crippen molar-refractivity contribution in [1.29, 1.82) is 0 Å². The molecule has 2 unspecified atom stereocenters. The number of rotatable bonds is 8. The van der Waals surface area contributed by atoms with Crippen molar-refractivity contribution in [3.05, 3.63) is 0 Å². The van der Waals surface area contributed by atoms with Gasteiger partial charge in [0, 0.05) is 53.0 Å². The van der Waals surface area contributed by atoms with Gasteiger partial charge < -0.3 is 20.3 Å². The van der Waals surface area contributed by atoms with Gasteiger partial charge in [0.05, 0.1) is 0 Å². The molecule has 0 radical (unpaired) electrons. The van der Waals surface area contributed by atoms with Gasteiger partial charge in [-0.25, -0.2) is 0 Å². The molecule has 0 aromatic rings. The smallest absolute Gasteiger partial charge is 0.191 e. The summed E-state index contributed by atoms with van der Waals surface area (Å²) in [6.07, 6.45) is 2.34. The zero-order chi connectivity index (χ0) is 15.5. The summed E-state index contributed by atoms with van der Waals surface area (Å²) in [7, 11) is 1.73. The van der Waals surface area contributed by atoms with Crippen LogP contribution >= 0.6 is 0 Å². The predicted molar refractivity (Wildman–Crippen MR) is 89.9 cm³/mol. The lowest BCUT2D eigenvalue weighted by Crippen LogP contribution is -2.45. The topological polar surface area (TPSA) is 48.9 Å². The molecule has 0 spiro atoms. The minimum atomic E-state index is 0.770. The van der Waals surface area contributed by atoms with E-state index >= 15 is 0 Å². The Morgan fingerprint density at radius 3 is 2.57 bits per heavy atom. The second kappa shape index (κ2) is 10.9. The zero-order valence-electron chi connectivity index (χ0n) is 14.3. The lowest BCUT2D eigenvalue weighted by molar-refractivity contribution is 0.143. The van der Waals surface area contributed by atoms with E-state index in [1.54, 1.807) is 7.11 Å². The van der Waals surface area contributed by atoms with Gasteiger partial charge in [-0.2, -0.15) is 0 Å². The summed E-state index contributed by atoms with van der Waals surface area (Å²) < 4.78 is 5.05. The van der Waals surface area contributed by atoms with E-state index in [1.165, 1.54) is 19.5 Å². The standard InChI is InChI=1S/C16H34N4O/c1-5-17-16(18-7-6-10-21-4)19-8-9-20-12-14(2)11-15(3)13-20/h14-15H,5-13H2,1-4H3,(H2,17,18,19). The molecule has 2 atom stereocenters. The number of piperidine rings is 1. The average Bonchev–Trinajstić information content (AvgIpc) is 2.42. The van der Waals surface area contributed by atoms with Crippen molar-refractivity contribution in [3.8, 4) is 0 Å². The first-order valence-corrected chi connectivity index (χ1v) is 8.39. The van der Waals surface area contributed by atoms with Crippen molar-refractivity contribution >= 4 is 5.96 Å². The number of hydrogen-bond donors (Lipinski definition) is 2. The fourth-order valence-electron chi connectivity index (χ4n) is 3.05. The van der Waals surface area contributed by atoms with Crippen molar-refractivity contribution in [1.82, 2.24) is 15.5 Å². The SMILES string of the molecule is CCNC(=NCCCOC)NCCN1CC(C)CC(C)C1. The van der Waals surface area contributed by atoms with Crippen molar-refractivity contribution in [2.45, 2.75) is 33.6 Å². The average molecular weight is 298 g/mol. The van der Waals surface area contributed by atoms with E-state index in [-0.39, 0.29) is 0 Å². The number of guanidine groups is 1. The van der Waals surface area contributed by atoms with Crippen LogP contribution in [0.15, 0.2) is 4.99 Å². The summed E-state index contributed by atoms with van der Waals surface area (Å²) in [6, 6.07) is 0. The summed E-state index contributed by atoms with van der Waals surface area (Å²) in [5.74, 6) is 2.57. The molecule has 1 heterocycles. The molecule has 1 aliphatic heterocycles. The Bertz CT molecular complexity index is 286. The molecule has 1 rings (SSSR count). The van der Waals surface area contributed by atoms with Crippen molar-refractivity contribution < 1.29 is 4.74 Å². The predicted octanol–water partition coefficient (Wildman–Crippen LogP) is 1.56. The van der Waals surface area contributed by atoms with E-state index in [1.807, 2.05) is 0 Å². The Morgan fingerprint density at radius 2 is 1.95 bits per heavy atom. The Kier molecular flexibility index (Phi) is 9.42. The maximum atomic E-state index is 5.05. The minimum absolute atomic E-state index is 0.770. The summed E-state index contributed by atoms with van der Waals surface area (Å²) in [6.45, 7) is 13.8. The molecule has 0 aromatic carbocycles. The first-order valence-electron chi connectivity index (χ1n) is 8.39.